The standard InChI is InChI=1S/C26H33N3O3/c1-3-19(2)23-9-4-5-10-24(23)29-18-21(16-25(29)30)26(31)27-22-8-6-7-20(15-22)17-28-11-13-32-14-12-28/h4-10,15,19,21H,3,11-14,16-18H2,1-2H3,(H,27,31). The van der Waals surface area contributed by atoms with E-state index in [0.717, 1.165) is 56.2 Å². The van der Waals surface area contributed by atoms with E-state index in [1.54, 1.807) is 4.90 Å². The summed E-state index contributed by atoms with van der Waals surface area (Å²) < 4.78 is 5.42. The summed E-state index contributed by atoms with van der Waals surface area (Å²) in [7, 11) is 0. The normalized spacial score (nSPS) is 20.4. The highest BCUT2D eigenvalue weighted by Gasteiger charge is 2.36. The van der Waals surface area contributed by atoms with Crippen molar-refractivity contribution in [2.75, 3.05) is 43.1 Å². The van der Waals surface area contributed by atoms with E-state index in [1.807, 2.05) is 36.4 Å². The second-order valence-corrected chi connectivity index (χ2v) is 8.85. The van der Waals surface area contributed by atoms with Crippen LogP contribution in [0.3, 0.4) is 0 Å². The van der Waals surface area contributed by atoms with E-state index in [-0.39, 0.29) is 24.2 Å². The zero-order valence-corrected chi connectivity index (χ0v) is 19.0. The third-order valence-corrected chi connectivity index (χ3v) is 6.57. The minimum atomic E-state index is -0.351. The molecule has 2 fully saturated rings. The van der Waals surface area contributed by atoms with Crippen LogP contribution in [-0.2, 0) is 20.9 Å². The first-order chi connectivity index (χ1) is 15.5. The molecule has 0 spiro atoms. The van der Waals surface area contributed by atoms with Crippen LogP contribution in [0.5, 0.6) is 0 Å². The molecule has 32 heavy (non-hydrogen) atoms. The van der Waals surface area contributed by atoms with Crippen LogP contribution in [0.25, 0.3) is 0 Å². The lowest BCUT2D eigenvalue weighted by molar-refractivity contribution is -0.122. The zero-order chi connectivity index (χ0) is 22.5. The number of carbonyl (C=O) groups is 2. The van der Waals surface area contributed by atoms with Gasteiger partial charge in [0.1, 0.15) is 0 Å². The number of hydrogen-bond donors (Lipinski definition) is 1. The summed E-state index contributed by atoms with van der Waals surface area (Å²) in [6.07, 6.45) is 1.25. The molecular formula is C26H33N3O3. The summed E-state index contributed by atoms with van der Waals surface area (Å²) in [5.41, 5.74) is 4.05. The molecule has 0 aromatic heterocycles. The molecule has 2 heterocycles. The second kappa shape index (κ2) is 10.3. The Morgan fingerprint density at radius 1 is 1.16 bits per heavy atom. The number of benzene rings is 2. The summed E-state index contributed by atoms with van der Waals surface area (Å²) in [5.74, 6) is -0.0659. The molecule has 6 nitrogen and oxygen atoms in total. The monoisotopic (exact) mass is 435 g/mol. The van der Waals surface area contributed by atoms with Crippen LogP contribution in [0.15, 0.2) is 48.5 Å². The third kappa shape index (κ3) is 5.19. The zero-order valence-electron chi connectivity index (χ0n) is 19.0. The lowest BCUT2D eigenvalue weighted by Gasteiger charge is -2.26. The number of rotatable bonds is 7. The SMILES string of the molecule is CCC(C)c1ccccc1N1CC(C(=O)Nc2cccc(CN3CCOCC3)c2)CC1=O. The lowest BCUT2D eigenvalue weighted by atomic mass is 9.96. The Bertz CT molecular complexity index is 955. The van der Waals surface area contributed by atoms with Gasteiger partial charge in [0.15, 0.2) is 0 Å². The summed E-state index contributed by atoms with van der Waals surface area (Å²) in [5, 5.41) is 3.04. The minimum Gasteiger partial charge on any atom is -0.379 e. The van der Waals surface area contributed by atoms with E-state index in [1.165, 1.54) is 5.56 Å². The van der Waals surface area contributed by atoms with Gasteiger partial charge in [-0.2, -0.15) is 0 Å². The smallest absolute Gasteiger partial charge is 0.229 e. The van der Waals surface area contributed by atoms with Crippen molar-refractivity contribution in [3.63, 3.8) is 0 Å². The van der Waals surface area contributed by atoms with Crippen LogP contribution >= 0.6 is 0 Å². The number of carbonyl (C=O) groups excluding carboxylic acids is 2. The summed E-state index contributed by atoms with van der Waals surface area (Å²) in [6, 6.07) is 16.0. The highest BCUT2D eigenvalue weighted by Crippen LogP contribution is 2.33. The Kier molecular flexibility index (Phi) is 7.22. The van der Waals surface area contributed by atoms with Crippen LogP contribution < -0.4 is 10.2 Å². The van der Waals surface area contributed by atoms with E-state index in [0.29, 0.717) is 12.5 Å². The van der Waals surface area contributed by atoms with Gasteiger partial charge in [0, 0.05) is 44.0 Å². The molecule has 2 aliphatic rings. The Morgan fingerprint density at radius 3 is 2.72 bits per heavy atom. The minimum absolute atomic E-state index is 0.0157. The van der Waals surface area contributed by atoms with Gasteiger partial charge in [0.25, 0.3) is 0 Å². The number of nitrogens with one attached hydrogen (secondary N) is 1. The van der Waals surface area contributed by atoms with Gasteiger partial charge in [-0.05, 0) is 41.7 Å². The number of ether oxygens (including phenoxy) is 1. The molecule has 0 radical (unpaired) electrons. The molecule has 2 unspecified atom stereocenters. The molecule has 2 aromatic rings. The number of nitrogens with zero attached hydrogens (tertiary/aromatic N) is 2. The van der Waals surface area contributed by atoms with E-state index in [4.69, 9.17) is 4.74 Å². The van der Waals surface area contributed by atoms with E-state index in [2.05, 4.69) is 36.2 Å². The molecule has 0 aliphatic carbocycles. The highest BCUT2D eigenvalue weighted by molar-refractivity contribution is 6.03. The van der Waals surface area contributed by atoms with E-state index >= 15 is 0 Å². The van der Waals surface area contributed by atoms with Gasteiger partial charge in [-0.1, -0.05) is 44.2 Å². The number of hydrogen-bond acceptors (Lipinski definition) is 4. The second-order valence-electron chi connectivity index (χ2n) is 8.85. The molecule has 2 aromatic carbocycles. The Balaban J connectivity index is 1.41. The summed E-state index contributed by atoms with van der Waals surface area (Å²) in [6.45, 7) is 8.97. The molecule has 2 amide bonds. The van der Waals surface area contributed by atoms with Crippen LogP contribution in [0.2, 0.25) is 0 Å². The first-order valence-electron chi connectivity index (χ1n) is 11.6. The van der Waals surface area contributed by atoms with Crippen molar-refractivity contribution >= 4 is 23.2 Å². The fourth-order valence-electron chi connectivity index (χ4n) is 4.50. The Morgan fingerprint density at radius 2 is 1.94 bits per heavy atom. The maximum absolute atomic E-state index is 13.0. The average Bonchev–Trinajstić information content (AvgIpc) is 3.21. The van der Waals surface area contributed by atoms with Gasteiger partial charge in [0.05, 0.1) is 19.1 Å². The van der Waals surface area contributed by atoms with Gasteiger partial charge in [0.2, 0.25) is 11.8 Å². The first-order valence-corrected chi connectivity index (χ1v) is 11.6. The van der Waals surface area contributed by atoms with E-state index < -0.39 is 0 Å². The van der Waals surface area contributed by atoms with Crippen molar-refractivity contribution in [1.82, 2.24) is 4.90 Å². The third-order valence-electron chi connectivity index (χ3n) is 6.57. The predicted octanol–water partition coefficient (Wildman–Crippen LogP) is 4.02. The van der Waals surface area contributed by atoms with Gasteiger partial charge in [-0.3, -0.25) is 14.5 Å². The maximum Gasteiger partial charge on any atom is 0.229 e. The summed E-state index contributed by atoms with van der Waals surface area (Å²) in [4.78, 5) is 30.0. The Hall–Kier alpha value is -2.70. The molecule has 0 bridgehead atoms. The van der Waals surface area contributed by atoms with Crippen molar-refractivity contribution in [3.05, 3.63) is 59.7 Å². The molecular weight excluding hydrogens is 402 g/mol. The van der Waals surface area contributed by atoms with Crippen LogP contribution in [0.4, 0.5) is 11.4 Å². The fourth-order valence-corrected chi connectivity index (χ4v) is 4.50. The van der Waals surface area contributed by atoms with Crippen LogP contribution in [-0.4, -0.2) is 49.6 Å². The largest absolute Gasteiger partial charge is 0.379 e. The Labute approximate surface area is 190 Å². The topological polar surface area (TPSA) is 61.9 Å². The molecule has 6 heteroatoms. The maximum atomic E-state index is 13.0. The van der Waals surface area contributed by atoms with Gasteiger partial charge in [-0.15, -0.1) is 0 Å². The predicted molar refractivity (Wildman–Crippen MR) is 127 cm³/mol. The van der Waals surface area contributed by atoms with Gasteiger partial charge >= 0.3 is 0 Å². The fraction of sp³-hybridized carbons (Fsp3) is 0.462. The van der Waals surface area contributed by atoms with Gasteiger partial charge in [-0.25, -0.2) is 0 Å². The van der Waals surface area contributed by atoms with Gasteiger partial charge < -0.3 is 15.0 Å². The molecule has 2 saturated heterocycles. The van der Waals surface area contributed by atoms with E-state index in [9.17, 15) is 9.59 Å². The molecule has 1 N–H and O–H groups in total. The molecule has 4 rings (SSSR count). The lowest BCUT2D eigenvalue weighted by Crippen LogP contribution is -2.35. The number of amides is 2. The number of anilines is 2. The summed E-state index contributed by atoms with van der Waals surface area (Å²) >= 11 is 0. The molecule has 170 valence electrons. The molecule has 2 atom stereocenters. The van der Waals surface area contributed by atoms with Crippen molar-refractivity contribution in [1.29, 1.82) is 0 Å². The highest BCUT2D eigenvalue weighted by atomic mass is 16.5. The van der Waals surface area contributed by atoms with Crippen LogP contribution in [0.1, 0.15) is 43.7 Å². The van der Waals surface area contributed by atoms with Crippen molar-refractivity contribution in [2.45, 2.75) is 39.2 Å². The molecule has 0 saturated carbocycles. The van der Waals surface area contributed by atoms with Crippen molar-refractivity contribution < 1.29 is 14.3 Å². The number of morpholine rings is 1. The first kappa shape index (κ1) is 22.5. The quantitative estimate of drug-likeness (QED) is 0.714. The van der Waals surface area contributed by atoms with Crippen molar-refractivity contribution in [2.24, 2.45) is 5.92 Å². The van der Waals surface area contributed by atoms with Crippen LogP contribution in [0, 0.1) is 5.92 Å². The molecule has 2 aliphatic heterocycles. The number of para-hydroxylation sites is 1. The average molecular weight is 436 g/mol. The van der Waals surface area contributed by atoms with Crippen molar-refractivity contribution in [3.8, 4) is 0 Å².